The highest BCUT2D eigenvalue weighted by molar-refractivity contribution is 7.89. The number of hydrogen-bond acceptors (Lipinski definition) is 10. The van der Waals surface area contributed by atoms with Crippen molar-refractivity contribution in [3.8, 4) is 11.1 Å². The van der Waals surface area contributed by atoms with Gasteiger partial charge < -0.3 is 5.73 Å². The zero-order chi connectivity index (χ0) is 31.8. The van der Waals surface area contributed by atoms with Crippen LogP contribution in [0.5, 0.6) is 0 Å². The summed E-state index contributed by atoms with van der Waals surface area (Å²) in [6.07, 6.45) is 7.52. The summed E-state index contributed by atoms with van der Waals surface area (Å²) in [6.45, 7) is 0. The molecule has 0 spiro atoms. The lowest BCUT2D eigenvalue weighted by molar-refractivity contribution is -0.386. The van der Waals surface area contributed by atoms with Crippen LogP contribution in [-0.4, -0.2) is 50.5 Å². The van der Waals surface area contributed by atoms with Crippen LogP contribution in [0.4, 0.5) is 16.2 Å². The number of carbonyl (C=O) groups excluding carboxylic acids is 1. The summed E-state index contributed by atoms with van der Waals surface area (Å²) in [5.41, 5.74) is 4.11. The van der Waals surface area contributed by atoms with E-state index in [2.05, 4.69) is 14.5 Å². The molecule has 16 nitrogen and oxygen atoms in total. The molecule has 5 N–H and O–H groups in total. The van der Waals surface area contributed by atoms with Gasteiger partial charge in [-0.2, -0.15) is 5.10 Å². The van der Waals surface area contributed by atoms with Gasteiger partial charge in [-0.3, -0.25) is 20.2 Å². The Morgan fingerprint density at radius 2 is 1.11 bits per heavy atom. The van der Waals surface area contributed by atoms with Gasteiger partial charge in [0, 0.05) is 35.3 Å². The second kappa shape index (κ2) is 12.2. The molecule has 18 heteroatoms. The van der Waals surface area contributed by atoms with Crippen LogP contribution in [0.3, 0.4) is 0 Å². The molecule has 0 aromatic heterocycles. The highest BCUT2D eigenvalue weighted by Gasteiger charge is 2.41. The number of fused-ring (bicyclic) bond motifs is 3. The van der Waals surface area contributed by atoms with Crippen molar-refractivity contribution in [2.45, 2.75) is 86.1 Å². The third kappa shape index (κ3) is 6.28. The molecular weight excluding hydrogens is 618 g/mol. The van der Waals surface area contributed by atoms with E-state index in [0.29, 0.717) is 25.7 Å². The molecule has 236 valence electrons. The summed E-state index contributed by atoms with van der Waals surface area (Å²) in [7, 11) is -8.63. The number of carbonyl (C=O) groups is 1. The van der Waals surface area contributed by atoms with Crippen molar-refractivity contribution >= 4 is 43.2 Å². The highest BCUT2D eigenvalue weighted by Crippen LogP contribution is 2.49. The molecular formula is C26H31N7O9S2. The van der Waals surface area contributed by atoms with Gasteiger partial charge in [0.15, 0.2) is 0 Å². The molecule has 5 rings (SSSR count). The Labute approximate surface area is 252 Å². The van der Waals surface area contributed by atoms with Gasteiger partial charge in [-0.15, -0.1) is 0 Å². The quantitative estimate of drug-likeness (QED) is 0.196. The SMILES string of the molecule is NC(=O)NN=C1c2cc(S(=O)(=O)NC3CCCCC3)cc([N+](=O)[O-])c2-c2c1cc(S(=O)(=O)NC1CCCCC1)cc2[N+](=O)[O-]. The molecule has 0 atom stereocenters. The number of nitrogens with zero attached hydrogens (tertiary/aromatic N) is 3. The Hall–Kier alpha value is -4.00. The van der Waals surface area contributed by atoms with E-state index in [0.717, 1.165) is 62.8 Å². The highest BCUT2D eigenvalue weighted by atomic mass is 32.2. The molecule has 0 unspecified atom stereocenters. The van der Waals surface area contributed by atoms with Crippen LogP contribution in [-0.2, 0) is 20.0 Å². The molecule has 0 aliphatic heterocycles. The van der Waals surface area contributed by atoms with Crippen molar-refractivity contribution in [3.05, 3.63) is 55.6 Å². The average molecular weight is 650 g/mol. The third-order valence-electron chi connectivity index (χ3n) is 8.09. The maximum Gasteiger partial charge on any atom is 0.332 e. The van der Waals surface area contributed by atoms with E-state index < -0.39 is 57.1 Å². The van der Waals surface area contributed by atoms with Crippen LogP contribution >= 0.6 is 0 Å². The first-order valence-electron chi connectivity index (χ1n) is 14.1. The number of benzene rings is 2. The smallest absolute Gasteiger partial charge is 0.332 e. The summed E-state index contributed by atoms with van der Waals surface area (Å²) in [6, 6.07) is 1.82. The minimum Gasteiger partial charge on any atom is -0.350 e. The molecule has 2 saturated carbocycles. The van der Waals surface area contributed by atoms with Crippen molar-refractivity contribution in [1.82, 2.24) is 14.9 Å². The largest absolute Gasteiger partial charge is 0.350 e. The van der Waals surface area contributed by atoms with Crippen LogP contribution in [0.25, 0.3) is 11.1 Å². The molecule has 0 radical (unpaired) electrons. The minimum atomic E-state index is -4.32. The predicted octanol–water partition coefficient (Wildman–Crippen LogP) is 3.13. The molecule has 0 bridgehead atoms. The Morgan fingerprint density at radius 3 is 1.45 bits per heavy atom. The summed E-state index contributed by atoms with van der Waals surface area (Å²) in [4.78, 5) is 33.5. The number of sulfonamides is 2. The van der Waals surface area contributed by atoms with E-state index in [1.54, 1.807) is 0 Å². The molecule has 2 aromatic rings. The summed E-state index contributed by atoms with van der Waals surface area (Å²) in [5.74, 6) is 0. The molecule has 2 amide bonds. The second-order valence-electron chi connectivity index (χ2n) is 11.1. The van der Waals surface area contributed by atoms with Crippen molar-refractivity contribution < 1.29 is 31.5 Å². The Bertz CT molecular complexity index is 1660. The maximum atomic E-state index is 13.4. The fraction of sp³-hybridized carbons (Fsp3) is 0.462. The molecule has 0 saturated heterocycles. The molecule has 0 heterocycles. The van der Waals surface area contributed by atoms with Gasteiger partial charge in [-0.25, -0.2) is 36.5 Å². The van der Waals surface area contributed by atoms with E-state index in [1.165, 1.54) is 0 Å². The number of nitrogens with two attached hydrogens (primary N) is 1. The van der Waals surface area contributed by atoms with Crippen LogP contribution in [0.1, 0.15) is 75.3 Å². The number of hydrazone groups is 1. The molecule has 3 aliphatic rings. The van der Waals surface area contributed by atoms with Crippen molar-refractivity contribution in [3.63, 3.8) is 0 Å². The number of urea groups is 1. The van der Waals surface area contributed by atoms with E-state index >= 15 is 0 Å². The average Bonchev–Trinajstić information content (AvgIpc) is 3.28. The number of nitro groups is 2. The lowest BCUT2D eigenvalue weighted by Gasteiger charge is -2.22. The summed E-state index contributed by atoms with van der Waals surface area (Å²) in [5, 5.41) is 28.6. The first kappa shape index (κ1) is 31.4. The Morgan fingerprint density at radius 1 is 0.727 bits per heavy atom. The zero-order valence-corrected chi connectivity index (χ0v) is 25.1. The van der Waals surface area contributed by atoms with Gasteiger partial charge in [0.2, 0.25) is 20.0 Å². The van der Waals surface area contributed by atoms with E-state index in [4.69, 9.17) is 5.73 Å². The molecule has 2 fully saturated rings. The predicted molar refractivity (Wildman–Crippen MR) is 158 cm³/mol. The van der Waals surface area contributed by atoms with Crippen molar-refractivity contribution in [2.75, 3.05) is 0 Å². The normalized spacial score (nSPS) is 17.5. The van der Waals surface area contributed by atoms with Gasteiger partial charge in [0.1, 0.15) is 0 Å². The number of rotatable bonds is 9. The molecule has 3 aliphatic carbocycles. The summed E-state index contributed by atoms with van der Waals surface area (Å²) >= 11 is 0. The number of nitro benzene ring substituents is 2. The number of primary amides is 1. The van der Waals surface area contributed by atoms with Gasteiger partial charge in [-0.1, -0.05) is 38.5 Å². The molecule has 44 heavy (non-hydrogen) atoms. The minimum absolute atomic E-state index is 0.232. The van der Waals surface area contributed by atoms with Gasteiger partial charge in [-0.05, 0) is 37.8 Å². The van der Waals surface area contributed by atoms with Crippen LogP contribution < -0.4 is 20.6 Å². The lowest BCUT2D eigenvalue weighted by Crippen LogP contribution is -2.36. The monoisotopic (exact) mass is 649 g/mol. The molecule has 2 aromatic carbocycles. The zero-order valence-electron chi connectivity index (χ0n) is 23.4. The van der Waals surface area contributed by atoms with E-state index in [1.807, 2.05) is 5.43 Å². The number of amides is 2. The fourth-order valence-electron chi connectivity index (χ4n) is 6.09. The summed E-state index contributed by atoms with van der Waals surface area (Å²) < 4.78 is 58.8. The Balaban J connectivity index is 1.71. The van der Waals surface area contributed by atoms with E-state index in [9.17, 15) is 41.9 Å². The maximum absolute atomic E-state index is 13.4. The van der Waals surface area contributed by atoms with Crippen LogP contribution in [0.15, 0.2) is 39.2 Å². The van der Waals surface area contributed by atoms with Crippen molar-refractivity contribution in [1.29, 1.82) is 0 Å². The third-order valence-corrected chi connectivity index (χ3v) is 11.1. The van der Waals surface area contributed by atoms with Crippen LogP contribution in [0.2, 0.25) is 0 Å². The van der Waals surface area contributed by atoms with Crippen LogP contribution in [0, 0.1) is 20.2 Å². The topological polar surface area (TPSA) is 246 Å². The first-order chi connectivity index (χ1) is 20.8. The first-order valence-corrected chi connectivity index (χ1v) is 17.1. The second-order valence-corrected chi connectivity index (χ2v) is 14.5. The number of hydrogen-bond donors (Lipinski definition) is 4. The lowest BCUT2D eigenvalue weighted by atomic mass is 9.96. The fourth-order valence-corrected chi connectivity index (χ4v) is 8.79. The van der Waals surface area contributed by atoms with Gasteiger partial charge in [0.05, 0.1) is 36.5 Å². The number of nitrogens with one attached hydrogen (secondary N) is 3. The standard InChI is InChI=1S/C26H31N7O9S2/c27-26(34)29-28-25-19-11-17(43(39,40)30-15-7-3-1-4-8-15)13-21(32(35)36)23(19)24-20(25)12-18(14-22(24)33(37)38)44(41,42)31-16-9-5-2-6-10-16/h11-16,30-31H,1-10H2,(H3,27,29,34). The van der Waals surface area contributed by atoms with Gasteiger partial charge in [0.25, 0.3) is 11.4 Å². The van der Waals surface area contributed by atoms with E-state index in [-0.39, 0.29) is 40.0 Å². The van der Waals surface area contributed by atoms with Gasteiger partial charge >= 0.3 is 6.03 Å². The van der Waals surface area contributed by atoms with Crippen molar-refractivity contribution in [2.24, 2.45) is 10.8 Å². The Kier molecular flexibility index (Phi) is 8.70.